The standard InChI is InChI=1S/C17H20ClN5O2/c1-10(24)21-12-3-4-15(18)16(5-12)22-17(25)14-8-19-7-13(14)11-6-20-23(2)9-11/h3-6,9,13-14,19H,7-8H2,1-2H3,(H,21,24)(H,22,25)/t13-,14+/m1/s1. The monoisotopic (exact) mass is 361 g/mol. The molecule has 132 valence electrons. The first-order valence-corrected chi connectivity index (χ1v) is 8.39. The van der Waals surface area contributed by atoms with Crippen LogP contribution in [0.4, 0.5) is 11.4 Å². The van der Waals surface area contributed by atoms with Crippen LogP contribution in [0.15, 0.2) is 30.6 Å². The maximum atomic E-state index is 12.8. The van der Waals surface area contributed by atoms with Crippen molar-refractivity contribution in [1.29, 1.82) is 0 Å². The first-order valence-electron chi connectivity index (χ1n) is 8.01. The lowest BCUT2D eigenvalue weighted by atomic mass is 9.90. The largest absolute Gasteiger partial charge is 0.326 e. The highest BCUT2D eigenvalue weighted by Gasteiger charge is 2.34. The molecule has 1 aromatic carbocycles. The SMILES string of the molecule is CC(=O)Nc1ccc(Cl)c(NC(=O)[C@H]2CNC[C@@H]2c2cnn(C)c2)c1. The van der Waals surface area contributed by atoms with E-state index in [1.54, 1.807) is 29.1 Å². The average molecular weight is 362 g/mol. The molecular formula is C17H20ClN5O2. The second-order valence-corrected chi connectivity index (χ2v) is 6.59. The van der Waals surface area contributed by atoms with Crippen molar-refractivity contribution in [1.82, 2.24) is 15.1 Å². The van der Waals surface area contributed by atoms with Gasteiger partial charge in [-0.15, -0.1) is 0 Å². The summed E-state index contributed by atoms with van der Waals surface area (Å²) in [6.45, 7) is 2.74. The summed E-state index contributed by atoms with van der Waals surface area (Å²) in [4.78, 5) is 24.0. The van der Waals surface area contributed by atoms with Crippen molar-refractivity contribution in [2.24, 2.45) is 13.0 Å². The summed E-state index contributed by atoms with van der Waals surface area (Å²) in [6.07, 6.45) is 3.73. The lowest BCUT2D eigenvalue weighted by Gasteiger charge is -2.18. The van der Waals surface area contributed by atoms with E-state index < -0.39 is 0 Å². The molecule has 0 saturated carbocycles. The van der Waals surface area contributed by atoms with Crippen molar-refractivity contribution in [3.8, 4) is 0 Å². The smallest absolute Gasteiger partial charge is 0.229 e. The van der Waals surface area contributed by atoms with Gasteiger partial charge in [-0.05, 0) is 23.8 Å². The fourth-order valence-electron chi connectivity index (χ4n) is 3.06. The van der Waals surface area contributed by atoms with Gasteiger partial charge in [-0.25, -0.2) is 0 Å². The predicted molar refractivity (Wildman–Crippen MR) is 96.7 cm³/mol. The minimum absolute atomic E-state index is 0.0611. The average Bonchev–Trinajstić information content (AvgIpc) is 3.18. The van der Waals surface area contributed by atoms with Crippen LogP contribution in [0.3, 0.4) is 0 Å². The molecule has 3 N–H and O–H groups in total. The summed E-state index contributed by atoms with van der Waals surface area (Å²) in [7, 11) is 1.86. The third-order valence-corrected chi connectivity index (χ3v) is 4.58. The van der Waals surface area contributed by atoms with Gasteiger partial charge in [-0.1, -0.05) is 11.6 Å². The van der Waals surface area contributed by atoms with E-state index in [4.69, 9.17) is 11.6 Å². The molecule has 25 heavy (non-hydrogen) atoms. The third-order valence-electron chi connectivity index (χ3n) is 4.25. The molecule has 0 unspecified atom stereocenters. The molecule has 2 aromatic rings. The second-order valence-electron chi connectivity index (χ2n) is 6.18. The summed E-state index contributed by atoms with van der Waals surface area (Å²) >= 11 is 6.18. The van der Waals surface area contributed by atoms with Crippen LogP contribution in [0.1, 0.15) is 18.4 Å². The van der Waals surface area contributed by atoms with Gasteiger partial charge < -0.3 is 16.0 Å². The fraction of sp³-hybridized carbons (Fsp3) is 0.353. The normalized spacial score (nSPS) is 19.6. The third kappa shape index (κ3) is 4.00. The summed E-state index contributed by atoms with van der Waals surface area (Å²) in [6, 6.07) is 4.99. The van der Waals surface area contributed by atoms with Gasteiger partial charge in [0.1, 0.15) is 0 Å². The highest BCUT2D eigenvalue weighted by Crippen LogP contribution is 2.31. The Morgan fingerprint density at radius 1 is 1.32 bits per heavy atom. The number of aryl methyl sites for hydroxylation is 1. The van der Waals surface area contributed by atoms with Crippen LogP contribution >= 0.6 is 11.6 Å². The molecule has 1 aliphatic heterocycles. The number of carbonyl (C=O) groups excluding carboxylic acids is 2. The van der Waals surface area contributed by atoms with E-state index in [1.807, 2.05) is 13.2 Å². The van der Waals surface area contributed by atoms with E-state index in [-0.39, 0.29) is 23.7 Å². The van der Waals surface area contributed by atoms with Gasteiger partial charge in [-0.2, -0.15) is 5.10 Å². The number of halogens is 1. The minimum atomic E-state index is -0.218. The van der Waals surface area contributed by atoms with E-state index in [0.29, 0.717) is 22.9 Å². The maximum absolute atomic E-state index is 12.8. The zero-order valence-electron chi connectivity index (χ0n) is 14.0. The van der Waals surface area contributed by atoms with E-state index in [9.17, 15) is 9.59 Å². The molecule has 0 radical (unpaired) electrons. The number of anilines is 2. The summed E-state index contributed by atoms with van der Waals surface area (Å²) in [5.74, 6) is -0.451. The topological polar surface area (TPSA) is 88.1 Å². The van der Waals surface area contributed by atoms with Crippen LogP contribution in [-0.2, 0) is 16.6 Å². The molecular weight excluding hydrogens is 342 g/mol. The van der Waals surface area contributed by atoms with Crippen molar-refractivity contribution in [2.45, 2.75) is 12.8 Å². The summed E-state index contributed by atoms with van der Waals surface area (Å²) in [5, 5.41) is 13.4. The Morgan fingerprint density at radius 3 is 2.80 bits per heavy atom. The van der Waals surface area contributed by atoms with Gasteiger partial charge in [0.15, 0.2) is 0 Å². The van der Waals surface area contributed by atoms with Crippen LogP contribution in [0.25, 0.3) is 0 Å². The van der Waals surface area contributed by atoms with Crippen molar-refractivity contribution in [2.75, 3.05) is 23.7 Å². The number of hydrogen-bond donors (Lipinski definition) is 3. The Labute approximate surface area is 150 Å². The Balaban J connectivity index is 1.76. The number of aromatic nitrogens is 2. The van der Waals surface area contributed by atoms with Gasteiger partial charge in [-0.3, -0.25) is 14.3 Å². The quantitative estimate of drug-likeness (QED) is 0.777. The highest BCUT2D eigenvalue weighted by atomic mass is 35.5. The maximum Gasteiger partial charge on any atom is 0.229 e. The molecule has 2 heterocycles. The molecule has 2 amide bonds. The van der Waals surface area contributed by atoms with Gasteiger partial charge in [0.05, 0.1) is 22.8 Å². The van der Waals surface area contributed by atoms with Gasteiger partial charge in [0, 0.05) is 44.9 Å². The Hall–Kier alpha value is -2.38. The number of benzene rings is 1. The molecule has 8 heteroatoms. The second kappa shape index (κ2) is 7.25. The number of carbonyl (C=O) groups is 2. The number of amides is 2. The van der Waals surface area contributed by atoms with E-state index in [2.05, 4.69) is 21.0 Å². The Kier molecular flexibility index (Phi) is 5.06. The molecule has 1 saturated heterocycles. The van der Waals surface area contributed by atoms with Crippen molar-refractivity contribution >= 4 is 34.8 Å². The number of rotatable bonds is 4. The zero-order valence-corrected chi connectivity index (χ0v) is 14.8. The van der Waals surface area contributed by atoms with Crippen molar-refractivity contribution < 1.29 is 9.59 Å². The Bertz CT molecular complexity index is 804. The van der Waals surface area contributed by atoms with Crippen molar-refractivity contribution in [3.05, 3.63) is 41.2 Å². The molecule has 1 fully saturated rings. The molecule has 0 spiro atoms. The van der Waals surface area contributed by atoms with Gasteiger partial charge in [0.2, 0.25) is 11.8 Å². The molecule has 0 aliphatic carbocycles. The first kappa shape index (κ1) is 17.4. The minimum Gasteiger partial charge on any atom is -0.326 e. The van der Waals surface area contributed by atoms with Crippen LogP contribution in [0.2, 0.25) is 5.02 Å². The lowest BCUT2D eigenvalue weighted by molar-refractivity contribution is -0.119. The number of nitrogens with zero attached hydrogens (tertiary/aromatic N) is 2. The fourth-order valence-corrected chi connectivity index (χ4v) is 3.23. The molecule has 1 aromatic heterocycles. The van der Waals surface area contributed by atoms with Crippen LogP contribution in [0, 0.1) is 5.92 Å². The van der Waals surface area contributed by atoms with E-state index in [0.717, 1.165) is 12.1 Å². The number of hydrogen-bond acceptors (Lipinski definition) is 4. The van der Waals surface area contributed by atoms with Crippen LogP contribution in [0.5, 0.6) is 0 Å². The van der Waals surface area contributed by atoms with Gasteiger partial charge in [0.25, 0.3) is 0 Å². The molecule has 7 nitrogen and oxygen atoms in total. The Morgan fingerprint density at radius 2 is 2.12 bits per heavy atom. The zero-order chi connectivity index (χ0) is 18.0. The number of nitrogens with one attached hydrogen (secondary N) is 3. The molecule has 0 bridgehead atoms. The molecule has 1 aliphatic rings. The van der Waals surface area contributed by atoms with Crippen LogP contribution < -0.4 is 16.0 Å². The van der Waals surface area contributed by atoms with Crippen LogP contribution in [-0.4, -0.2) is 34.7 Å². The van der Waals surface area contributed by atoms with Gasteiger partial charge >= 0.3 is 0 Å². The summed E-state index contributed by atoms with van der Waals surface area (Å²) < 4.78 is 1.73. The molecule has 2 atom stereocenters. The molecule has 3 rings (SSSR count). The lowest BCUT2D eigenvalue weighted by Crippen LogP contribution is -2.28. The summed E-state index contributed by atoms with van der Waals surface area (Å²) in [5.41, 5.74) is 2.10. The first-order chi connectivity index (χ1) is 11.9. The predicted octanol–water partition coefficient (Wildman–Crippen LogP) is 1.97. The van der Waals surface area contributed by atoms with E-state index >= 15 is 0 Å². The van der Waals surface area contributed by atoms with E-state index in [1.165, 1.54) is 6.92 Å². The van der Waals surface area contributed by atoms with Crippen molar-refractivity contribution in [3.63, 3.8) is 0 Å². The highest BCUT2D eigenvalue weighted by molar-refractivity contribution is 6.33.